The van der Waals surface area contributed by atoms with Gasteiger partial charge in [0.15, 0.2) is 10.8 Å². The van der Waals surface area contributed by atoms with Gasteiger partial charge >= 0.3 is 18.0 Å². The van der Waals surface area contributed by atoms with Gasteiger partial charge in [0, 0.05) is 26.1 Å². The maximum absolute atomic E-state index is 13.2. The second-order valence-corrected chi connectivity index (χ2v) is 7.88. The molecule has 0 spiro atoms. The monoisotopic (exact) mass is 405 g/mol. The van der Waals surface area contributed by atoms with Gasteiger partial charge in [-0.3, -0.25) is 14.4 Å². The molecule has 3 fully saturated rings. The van der Waals surface area contributed by atoms with Gasteiger partial charge in [-0.15, -0.1) is 0 Å². The minimum Gasteiger partial charge on any atom is -0.375 e. The number of carbonyl (C=O) groups excluding carboxylic acids is 3. The zero-order chi connectivity index (χ0) is 20.3. The Balaban J connectivity index is 1.81. The minimum absolute atomic E-state index is 0.136. The lowest BCUT2D eigenvalue weighted by Crippen LogP contribution is -2.57. The number of nitrogens with two attached hydrogens (primary N) is 1. The summed E-state index contributed by atoms with van der Waals surface area (Å²) in [6, 6.07) is -1.36. The van der Waals surface area contributed by atoms with Gasteiger partial charge in [-0.1, -0.05) is 11.3 Å². The van der Waals surface area contributed by atoms with Crippen LogP contribution in [0.4, 0.5) is 18.3 Å². The molecule has 148 valence electrons. The number of thiazole rings is 1. The molecule has 3 N–H and O–H groups in total. The van der Waals surface area contributed by atoms with E-state index in [1.165, 1.54) is 19.0 Å². The molecule has 4 atom stereocenters. The first-order valence-corrected chi connectivity index (χ1v) is 8.93. The van der Waals surface area contributed by atoms with Crippen LogP contribution in [-0.4, -0.2) is 64.7 Å². The Labute approximate surface area is 156 Å². The lowest BCUT2D eigenvalue weighted by Gasteiger charge is -2.36. The molecule has 2 bridgehead atoms. The van der Waals surface area contributed by atoms with Crippen LogP contribution in [0, 0.1) is 5.92 Å². The fraction of sp³-hybridized carbons (Fsp3) is 0.600. The summed E-state index contributed by atoms with van der Waals surface area (Å²) in [5, 5.41) is 2.25. The van der Waals surface area contributed by atoms with Crippen molar-refractivity contribution < 1.29 is 27.6 Å². The number of rotatable bonds is 2. The maximum atomic E-state index is 13.2. The number of likely N-dealkylation sites (N-methyl/N-ethyl adjacent to an activating group) is 1. The first-order chi connectivity index (χ1) is 12.4. The second-order valence-electron chi connectivity index (χ2n) is 6.85. The van der Waals surface area contributed by atoms with Gasteiger partial charge in [-0.25, -0.2) is 4.98 Å². The number of fused-ring (bicyclic) bond motifs is 1. The highest BCUT2D eigenvalue weighted by Crippen LogP contribution is 2.47. The molecule has 0 unspecified atom stereocenters. The molecule has 2 aliphatic heterocycles. The number of nitrogen functional groups attached to an aromatic ring is 1. The van der Waals surface area contributed by atoms with Crippen LogP contribution >= 0.6 is 11.3 Å². The predicted octanol–water partition coefficient (Wildman–Crippen LogP) is 0.550. The Morgan fingerprint density at radius 2 is 1.96 bits per heavy atom. The third-order valence-electron chi connectivity index (χ3n) is 5.04. The van der Waals surface area contributed by atoms with E-state index in [0.717, 1.165) is 4.90 Å². The minimum atomic E-state index is -4.74. The number of halogens is 3. The summed E-state index contributed by atoms with van der Waals surface area (Å²) in [6.07, 6.45) is -4.20. The second kappa shape index (κ2) is 6.36. The van der Waals surface area contributed by atoms with Crippen molar-refractivity contribution in [2.45, 2.75) is 37.6 Å². The molecule has 1 saturated carbocycles. The Morgan fingerprint density at radius 3 is 2.52 bits per heavy atom. The molecule has 0 radical (unpaired) electrons. The first-order valence-electron chi connectivity index (χ1n) is 8.11. The normalized spacial score (nSPS) is 26.5. The maximum Gasteiger partial charge on any atom is 0.428 e. The van der Waals surface area contributed by atoms with Crippen molar-refractivity contribution >= 4 is 34.2 Å². The number of amides is 3. The van der Waals surface area contributed by atoms with E-state index in [2.05, 4.69) is 10.3 Å². The highest BCUT2D eigenvalue weighted by molar-refractivity contribution is 7.15. The highest BCUT2D eigenvalue weighted by Gasteiger charge is 2.59. The summed E-state index contributed by atoms with van der Waals surface area (Å²) in [4.78, 5) is 41.3. The molecule has 0 aromatic carbocycles. The van der Waals surface area contributed by atoms with Gasteiger partial charge in [0.05, 0.1) is 12.1 Å². The van der Waals surface area contributed by atoms with Crippen LogP contribution in [0.3, 0.4) is 0 Å². The molecular formula is C15H18F3N5O3S. The van der Waals surface area contributed by atoms with E-state index in [0.29, 0.717) is 6.42 Å². The van der Waals surface area contributed by atoms with Crippen molar-refractivity contribution in [1.82, 2.24) is 20.1 Å². The molecule has 1 aromatic heterocycles. The first kappa shape index (κ1) is 19.4. The zero-order valence-electron chi connectivity index (χ0n) is 14.7. The number of hydrogen-bond donors (Lipinski definition) is 2. The van der Waals surface area contributed by atoms with E-state index in [1.807, 2.05) is 0 Å². The third kappa shape index (κ3) is 3.11. The fourth-order valence-corrected chi connectivity index (χ4v) is 4.40. The Kier molecular flexibility index (Phi) is 4.57. The Bertz CT molecular complexity index is 809. The summed E-state index contributed by atoms with van der Waals surface area (Å²) in [7, 11) is 2.86. The number of hydrogen-bond acceptors (Lipinski definition) is 6. The van der Waals surface area contributed by atoms with Crippen LogP contribution in [0.15, 0.2) is 0 Å². The molecule has 1 aromatic rings. The number of carbonyl (C=O) groups is 3. The van der Waals surface area contributed by atoms with Gasteiger partial charge in [0.25, 0.3) is 5.91 Å². The molecule has 12 heteroatoms. The van der Waals surface area contributed by atoms with Crippen LogP contribution in [0.5, 0.6) is 0 Å². The summed E-state index contributed by atoms with van der Waals surface area (Å²) in [5.74, 6) is -2.55. The van der Waals surface area contributed by atoms with E-state index >= 15 is 0 Å². The van der Waals surface area contributed by atoms with Crippen LogP contribution in [0.1, 0.15) is 28.7 Å². The quantitative estimate of drug-likeness (QED) is 0.699. The van der Waals surface area contributed by atoms with Gasteiger partial charge in [-0.05, 0) is 13.3 Å². The molecule has 4 rings (SSSR count). The van der Waals surface area contributed by atoms with E-state index in [-0.39, 0.29) is 22.4 Å². The van der Waals surface area contributed by atoms with Gasteiger partial charge in [0.1, 0.15) is 4.88 Å². The van der Waals surface area contributed by atoms with E-state index in [1.54, 1.807) is 6.92 Å². The van der Waals surface area contributed by atoms with E-state index in [4.69, 9.17) is 5.73 Å². The van der Waals surface area contributed by atoms with Gasteiger partial charge < -0.3 is 20.9 Å². The Morgan fingerprint density at radius 1 is 1.33 bits per heavy atom. The van der Waals surface area contributed by atoms with E-state index < -0.39 is 52.6 Å². The lowest BCUT2D eigenvalue weighted by molar-refractivity contribution is -0.145. The smallest absolute Gasteiger partial charge is 0.375 e. The summed E-state index contributed by atoms with van der Waals surface area (Å²) in [5.41, 5.74) is 4.66. The van der Waals surface area contributed by atoms with Crippen LogP contribution in [0.25, 0.3) is 0 Å². The summed E-state index contributed by atoms with van der Waals surface area (Å²) < 4.78 is 39.5. The number of nitrogens with one attached hydrogen (secondary N) is 1. The van der Waals surface area contributed by atoms with Crippen molar-refractivity contribution in [2.75, 3.05) is 19.8 Å². The topological polar surface area (TPSA) is 109 Å². The average molecular weight is 405 g/mol. The lowest BCUT2D eigenvalue weighted by atomic mass is 9.77. The fourth-order valence-electron chi connectivity index (χ4n) is 3.70. The van der Waals surface area contributed by atoms with Crippen molar-refractivity contribution in [1.29, 1.82) is 0 Å². The molecule has 2 saturated heterocycles. The molecule has 3 amide bonds. The standard InChI is InChI=1S/C15H18F3N5O3S/c1-5-6-4-7(8(6)20-11(24)13(26)22(2)3)23(5)12(25)9-10(15(16,17)18)27-14(19)21-9/h5-8H,4H2,1-3H3,(H2,19,21)(H,20,24)/t5-,6-,7-,8+/m1/s1. The summed E-state index contributed by atoms with van der Waals surface area (Å²) >= 11 is 0.217. The van der Waals surface area contributed by atoms with Crippen LogP contribution in [0.2, 0.25) is 0 Å². The van der Waals surface area contributed by atoms with Crippen LogP contribution in [-0.2, 0) is 15.8 Å². The highest BCUT2D eigenvalue weighted by atomic mass is 32.1. The van der Waals surface area contributed by atoms with Crippen molar-refractivity contribution in [3.05, 3.63) is 10.6 Å². The SMILES string of the molecule is C[C@@H]1[C@H]2C[C@H]([C@H]2NC(=O)C(=O)N(C)C)N1C(=O)c1nc(N)sc1C(F)(F)F. The molecule has 1 aliphatic carbocycles. The number of alkyl halides is 3. The van der Waals surface area contributed by atoms with Crippen LogP contribution < -0.4 is 11.1 Å². The Hall–Kier alpha value is -2.37. The van der Waals surface area contributed by atoms with Crippen molar-refractivity contribution in [2.24, 2.45) is 5.92 Å². The average Bonchev–Trinajstić information content (AvgIpc) is 3.18. The largest absolute Gasteiger partial charge is 0.428 e. The molecule has 3 aliphatic rings. The molecular weight excluding hydrogens is 387 g/mol. The number of anilines is 1. The number of aromatic nitrogens is 1. The van der Waals surface area contributed by atoms with Gasteiger partial charge in [0.2, 0.25) is 0 Å². The van der Waals surface area contributed by atoms with E-state index in [9.17, 15) is 27.6 Å². The molecule has 27 heavy (non-hydrogen) atoms. The van der Waals surface area contributed by atoms with Crippen molar-refractivity contribution in [3.63, 3.8) is 0 Å². The molecule has 3 heterocycles. The third-order valence-corrected chi connectivity index (χ3v) is 5.97. The predicted molar refractivity (Wildman–Crippen MR) is 89.7 cm³/mol. The summed E-state index contributed by atoms with van der Waals surface area (Å²) in [6.45, 7) is 1.70. The van der Waals surface area contributed by atoms with Crippen molar-refractivity contribution in [3.8, 4) is 0 Å². The zero-order valence-corrected chi connectivity index (χ0v) is 15.5. The molecule has 8 nitrogen and oxygen atoms in total. The number of nitrogens with zero attached hydrogens (tertiary/aromatic N) is 3. The van der Waals surface area contributed by atoms with Gasteiger partial charge in [-0.2, -0.15) is 13.2 Å².